The lowest BCUT2D eigenvalue weighted by Crippen LogP contribution is -2.36. The molecule has 4 aromatic rings. The van der Waals surface area contributed by atoms with Gasteiger partial charge in [-0.25, -0.2) is 9.97 Å². The van der Waals surface area contributed by atoms with Crippen LogP contribution in [0.1, 0.15) is 47.6 Å². The zero-order chi connectivity index (χ0) is 23.7. The van der Waals surface area contributed by atoms with Gasteiger partial charge < -0.3 is 14.2 Å². The summed E-state index contributed by atoms with van der Waals surface area (Å²) >= 11 is 0. The van der Waals surface area contributed by atoms with Crippen LogP contribution in [0.3, 0.4) is 0 Å². The van der Waals surface area contributed by atoms with E-state index in [1.165, 1.54) is 0 Å². The average molecular weight is 456 g/mol. The third-order valence-corrected chi connectivity index (χ3v) is 6.34. The molecular formula is C26H25N5O3. The van der Waals surface area contributed by atoms with Crippen LogP contribution in [0.2, 0.25) is 0 Å². The lowest BCUT2D eigenvalue weighted by Gasteiger charge is -2.31. The molecule has 8 heteroatoms. The molecule has 0 N–H and O–H groups in total. The number of hydrogen-bond donors (Lipinski definition) is 0. The number of carbonyl (C=O) groups is 2. The summed E-state index contributed by atoms with van der Waals surface area (Å²) in [6, 6.07) is 14.7. The molecule has 0 aliphatic carbocycles. The van der Waals surface area contributed by atoms with Crippen LogP contribution in [0.25, 0.3) is 11.0 Å². The van der Waals surface area contributed by atoms with E-state index in [1.807, 2.05) is 40.8 Å². The van der Waals surface area contributed by atoms with Crippen molar-refractivity contribution in [1.82, 2.24) is 24.4 Å². The van der Waals surface area contributed by atoms with Gasteiger partial charge in [0.15, 0.2) is 5.82 Å². The molecule has 1 aliphatic heterocycles. The Hall–Kier alpha value is -4.07. The van der Waals surface area contributed by atoms with E-state index in [0.717, 1.165) is 29.6 Å². The first-order valence-corrected chi connectivity index (χ1v) is 11.3. The first-order chi connectivity index (χ1) is 16.5. The van der Waals surface area contributed by atoms with Gasteiger partial charge >= 0.3 is 0 Å². The van der Waals surface area contributed by atoms with Gasteiger partial charge in [0.05, 0.1) is 11.0 Å². The van der Waals surface area contributed by atoms with Crippen molar-refractivity contribution < 1.29 is 14.3 Å². The molecule has 1 amide bonds. The fourth-order valence-electron chi connectivity index (χ4n) is 4.43. The standard InChI is InChI=1S/C26H25N5O3/c1-17(32)31-15-11-18(12-16-31)23-26(28-14-13-27-23)34-20-9-7-19(8-10-20)24(33)25-29-21-5-3-4-6-22(21)30(25)2/h3-10,13-14,18H,11-12,15-16H2,1-2H3. The number of nitrogens with zero attached hydrogens (tertiary/aromatic N) is 5. The van der Waals surface area contributed by atoms with Crippen molar-refractivity contribution in [3.05, 3.63) is 78.0 Å². The summed E-state index contributed by atoms with van der Waals surface area (Å²) in [5, 5.41) is 0. The van der Waals surface area contributed by atoms with E-state index < -0.39 is 0 Å². The van der Waals surface area contributed by atoms with Crippen molar-refractivity contribution in [2.45, 2.75) is 25.7 Å². The van der Waals surface area contributed by atoms with Crippen molar-refractivity contribution in [2.24, 2.45) is 7.05 Å². The zero-order valence-electron chi connectivity index (χ0n) is 19.1. The monoisotopic (exact) mass is 455 g/mol. The normalized spacial score (nSPS) is 14.4. The first kappa shape index (κ1) is 21.8. The minimum Gasteiger partial charge on any atom is -0.437 e. The van der Waals surface area contributed by atoms with E-state index >= 15 is 0 Å². The smallest absolute Gasteiger partial charge is 0.241 e. The molecule has 8 nitrogen and oxygen atoms in total. The molecule has 0 spiro atoms. The Morgan fingerprint density at radius 1 is 0.971 bits per heavy atom. The molecule has 0 radical (unpaired) electrons. The van der Waals surface area contributed by atoms with E-state index in [4.69, 9.17) is 4.74 Å². The molecule has 1 aliphatic rings. The molecule has 3 heterocycles. The first-order valence-electron chi connectivity index (χ1n) is 11.3. The summed E-state index contributed by atoms with van der Waals surface area (Å²) in [6.45, 7) is 3.01. The predicted octanol–water partition coefficient (Wildman–Crippen LogP) is 4.11. The molecule has 0 atom stereocenters. The van der Waals surface area contributed by atoms with E-state index in [-0.39, 0.29) is 17.6 Å². The van der Waals surface area contributed by atoms with Gasteiger partial charge in [0.2, 0.25) is 17.6 Å². The minimum atomic E-state index is -0.150. The molecule has 5 rings (SSSR count). The van der Waals surface area contributed by atoms with Crippen molar-refractivity contribution in [1.29, 1.82) is 0 Å². The molecular weight excluding hydrogens is 430 g/mol. The van der Waals surface area contributed by atoms with Crippen LogP contribution >= 0.6 is 0 Å². The number of aromatic nitrogens is 4. The number of aryl methyl sites for hydroxylation is 1. The average Bonchev–Trinajstić information content (AvgIpc) is 3.21. The molecule has 1 saturated heterocycles. The van der Waals surface area contributed by atoms with Crippen LogP contribution in [0.4, 0.5) is 0 Å². The molecule has 0 unspecified atom stereocenters. The Morgan fingerprint density at radius 2 is 1.68 bits per heavy atom. The third-order valence-electron chi connectivity index (χ3n) is 6.34. The predicted molar refractivity (Wildman–Crippen MR) is 127 cm³/mol. The fraction of sp³-hybridized carbons (Fsp3) is 0.269. The largest absolute Gasteiger partial charge is 0.437 e. The number of carbonyl (C=O) groups excluding carboxylic acids is 2. The summed E-state index contributed by atoms with van der Waals surface area (Å²) in [5.74, 6) is 1.55. The lowest BCUT2D eigenvalue weighted by molar-refractivity contribution is -0.129. The number of fused-ring (bicyclic) bond motifs is 1. The second kappa shape index (κ2) is 9.05. The number of para-hydroxylation sites is 2. The highest BCUT2D eigenvalue weighted by atomic mass is 16.5. The number of likely N-dealkylation sites (tertiary alicyclic amines) is 1. The molecule has 34 heavy (non-hydrogen) atoms. The van der Waals surface area contributed by atoms with Crippen molar-refractivity contribution in [3.63, 3.8) is 0 Å². The maximum Gasteiger partial charge on any atom is 0.241 e. The molecule has 2 aromatic carbocycles. The summed E-state index contributed by atoms with van der Waals surface area (Å²) in [4.78, 5) is 40.0. The summed E-state index contributed by atoms with van der Waals surface area (Å²) in [6.07, 6.45) is 4.91. The van der Waals surface area contributed by atoms with Crippen LogP contribution in [0, 0.1) is 0 Å². The topological polar surface area (TPSA) is 90.2 Å². The number of imidazole rings is 1. The van der Waals surface area contributed by atoms with E-state index in [2.05, 4.69) is 15.0 Å². The lowest BCUT2D eigenvalue weighted by atomic mass is 9.93. The summed E-state index contributed by atoms with van der Waals surface area (Å²) in [7, 11) is 1.84. The SMILES string of the molecule is CC(=O)N1CCC(c2nccnc2Oc2ccc(C(=O)c3nc4ccccc4n3C)cc2)CC1. The Labute approximate surface area is 197 Å². The Bertz CT molecular complexity index is 1350. The van der Waals surface area contributed by atoms with E-state index in [1.54, 1.807) is 43.6 Å². The van der Waals surface area contributed by atoms with Crippen LogP contribution in [-0.4, -0.2) is 49.2 Å². The van der Waals surface area contributed by atoms with Crippen LogP contribution in [-0.2, 0) is 11.8 Å². The quantitative estimate of drug-likeness (QED) is 0.421. The number of piperidine rings is 1. The highest BCUT2D eigenvalue weighted by molar-refractivity contribution is 6.08. The Balaban J connectivity index is 1.33. The van der Waals surface area contributed by atoms with Gasteiger partial charge in [0.25, 0.3) is 0 Å². The van der Waals surface area contributed by atoms with Gasteiger partial charge in [-0.1, -0.05) is 12.1 Å². The van der Waals surface area contributed by atoms with Crippen molar-refractivity contribution >= 4 is 22.7 Å². The van der Waals surface area contributed by atoms with Gasteiger partial charge in [-0.15, -0.1) is 0 Å². The van der Waals surface area contributed by atoms with Crippen molar-refractivity contribution in [3.8, 4) is 11.6 Å². The molecule has 0 bridgehead atoms. The second-order valence-corrected chi connectivity index (χ2v) is 8.47. The number of ketones is 1. The van der Waals surface area contributed by atoms with Gasteiger partial charge in [-0.2, -0.15) is 0 Å². The highest BCUT2D eigenvalue weighted by Crippen LogP contribution is 2.33. The van der Waals surface area contributed by atoms with Crippen molar-refractivity contribution in [2.75, 3.05) is 13.1 Å². The minimum absolute atomic E-state index is 0.0994. The third kappa shape index (κ3) is 4.14. The zero-order valence-corrected chi connectivity index (χ0v) is 19.1. The molecule has 0 saturated carbocycles. The van der Waals surface area contributed by atoms with Gasteiger partial charge in [-0.3, -0.25) is 14.6 Å². The van der Waals surface area contributed by atoms with E-state index in [9.17, 15) is 9.59 Å². The van der Waals surface area contributed by atoms with Gasteiger partial charge in [0.1, 0.15) is 11.4 Å². The summed E-state index contributed by atoms with van der Waals surface area (Å²) in [5.41, 5.74) is 3.03. The number of amides is 1. The second-order valence-electron chi connectivity index (χ2n) is 8.47. The van der Waals surface area contributed by atoms with Gasteiger partial charge in [0, 0.05) is 50.9 Å². The number of ether oxygens (including phenoxy) is 1. The molecule has 172 valence electrons. The fourth-order valence-corrected chi connectivity index (χ4v) is 4.43. The maximum absolute atomic E-state index is 13.1. The van der Waals surface area contributed by atoms with Crippen LogP contribution in [0.15, 0.2) is 60.9 Å². The molecule has 1 fully saturated rings. The van der Waals surface area contributed by atoms with E-state index in [0.29, 0.717) is 36.1 Å². The summed E-state index contributed by atoms with van der Waals surface area (Å²) < 4.78 is 7.87. The van der Waals surface area contributed by atoms with Crippen LogP contribution in [0.5, 0.6) is 11.6 Å². The highest BCUT2D eigenvalue weighted by Gasteiger charge is 2.26. The maximum atomic E-state index is 13.1. The van der Waals surface area contributed by atoms with Gasteiger partial charge in [-0.05, 0) is 49.2 Å². The number of hydrogen-bond acceptors (Lipinski definition) is 6. The Morgan fingerprint density at radius 3 is 2.38 bits per heavy atom. The number of benzene rings is 2. The Kier molecular flexibility index (Phi) is 5.79. The number of rotatable bonds is 5. The van der Waals surface area contributed by atoms with Crippen LogP contribution < -0.4 is 4.74 Å². The molecule has 2 aromatic heterocycles.